The predicted molar refractivity (Wildman–Crippen MR) is 153 cm³/mol. The molecular formula is C33H32O8. The fraction of sp³-hybridized carbons (Fsp3) is 0.212. The van der Waals surface area contributed by atoms with E-state index < -0.39 is 11.9 Å². The maximum atomic E-state index is 13.1. The molecule has 0 spiro atoms. The van der Waals surface area contributed by atoms with Gasteiger partial charge in [-0.1, -0.05) is 25.3 Å². The third kappa shape index (κ3) is 9.32. The van der Waals surface area contributed by atoms with E-state index in [0.29, 0.717) is 65.4 Å². The van der Waals surface area contributed by atoms with Gasteiger partial charge >= 0.3 is 11.9 Å². The molecule has 8 heteroatoms. The van der Waals surface area contributed by atoms with E-state index in [1.54, 1.807) is 73.7 Å². The molecule has 0 aliphatic carbocycles. The Morgan fingerprint density at radius 1 is 0.610 bits per heavy atom. The Bertz CT molecular complexity index is 1390. The molecule has 212 valence electrons. The first kappa shape index (κ1) is 30.6. The van der Waals surface area contributed by atoms with Crippen molar-refractivity contribution in [2.75, 3.05) is 26.4 Å². The van der Waals surface area contributed by atoms with Crippen LogP contribution in [0.1, 0.15) is 50.2 Å². The molecule has 0 saturated carbocycles. The molecule has 0 aliphatic rings. The summed E-state index contributed by atoms with van der Waals surface area (Å²) in [6.07, 6.45) is 3.27. The van der Waals surface area contributed by atoms with Crippen LogP contribution >= 0.6 is 0 Å². The van der Waals surface area contributed by atoms with Crippen LogP contribution in [0, 0.1) is 6.92 Å². The van der Waals surface area contributed by atoms with Gasteiger partial charge in [-0.2, -0.15) is 0 Å². The molecule has 0 bridgehead atoms. The van der Waals surface area contributed by atoms with Crippen molar-refractivity contribution in [3.8, 4) is 11.5 Å². The van der Waals surface area contributed by atoms with E-state index >= 15 is 0 Å². The zero-order valence-corrected chi connectivity index (χ0v) is 22.9. The van der Waals surface area contributed by atoms with Gasteiger partial charge in [0.25, 0.3) is 0 Å². The lowest BCUT2D eigenvalue weighted by Gasteiger charge is -2.10. The van der Waals surface area contributed by atoms with Crippen molar-refractivity contribution < 1.29 is 38.1 Å². The number of esters is 2. The van der Waals surface area contributed by atoms with Gasteiger partial charge < -0.3 is 18.9 Å². The summed E-state index contributed by atoms with van der Waals surface area (Å²) in [4.78, 5) is 48.2. The van der Waals surface area contributed by atoms with Gasteiger partial charge in [-0.05, 0) is 67.1 Å². The van der Waals surface area contributed by atoms with Gasteiger partial charge in [-0.15, -0.1) is 0 Å². The summed E-state index contributed by atoms with van der Waals surface area (Å²) < 4.78 is 21.0. The van der Waals surface area contributed by atoms with Crippen molar-refractivity contribution in [3.05, 3.63) is 120 Å². The van der Waals surface area contributed by atoms with Gasteiger partial charge in [0.1, 0.15) is 11.5 Å². The SMILES string of the molecule is C=CC(=O)OCCCOc1ccc(C(=O)c2ccc(C(=O)c3ccc(OCCCOC(=O)C=C)cc3)c(C)c2)cc1. The molecule has 0 N–H and O–H groups in total. The Hall–Kier alpha value is -4.98. The van der Waals surface area contributed by atoms with Crippen LogP contribution in [0.15, 0.2) is 92.0 Å². The number of hydrogen-bond acceptors (Lipinski definition) is 8. The number of benzene rings is 3. The molecule has 0 aliphatic heterocycles. The molecule has 3 aromatic carbocycles. The molecule has 0 atom stereocenters. The highest BCUT2D eigenvalue weighted by molar-refractivity contribution is 6.12. The minimum atomic E-state index is -0.473. The summed E-state index contributed by atoms with van der Waals surface area (Å²) in [6, 6.07) is 18.6. The molecule has 0 radical (unpaired) electrons. The smallest absolute Gasteiger partial charge is 0.330 e. The zero-order valence-electron chi connectivity index (χ0n) is 22.9. The van der Waals surface area contributed by atoms with Gasteiger partial charge in [0.2, 0.25) is 0 Å². The highest BCUT2D eigenvalue weighted by atomic mass is 16.5. The third-order valence-corrected chi connectivity index (χ3v) is 5.90. The first-order valence-corrected chi connectivity index (χ1v) is 13.1. The van der Waals surface area contributed by atoms with Gasteiger partial charge in [0.05, 0.1) is 26.4 Å². The Labute approximate surface area is 239 Å². The highest BCUT2D eigenvalue weighted by Crippen LogP contribution is 2.21. The van der Waals surface area contributed by atoms with Crippen molar-refractivity contribution in [1.29, 1.82) is 0 Å². The standard InChI is InChI=1S/C33H32O8/c1-4-30(34)40-20-6-18-38-27-13-8-24(9-14-27)32(36)26-12-17-29(23(3)22-26)33(37)25-10-15-28(16-11-25)39-19-7-21-41-31(35)5-2/h4-5,8-17,22H,1-2,6-7,18-21H2,3H3. The number of carbonyl (C=O) groups is 4. The lowest BCUT2D eigenvalue weighted by molar-refractivity contribution is -0.138. The largest absolute Gasteiger partial charge is 0.493 e. The number of aryl methyl sites for hydroxylation is 1. The van der Waals surface area contributed by atoms with Crippen LogP contribution in [0.4, 0.5) is 0 Å². The Kier molecular flexibility index (Phi) is 11.6. The summed E-state index contributed by atoms with van der Waals surface area (Å²) in [5, 5.41) is 0. The van der Waals surface area contributed by atoms with E-state index in [-0.39, 0.29) is 24.8 Å². The zero-order chi connectivity index (χ0) is 29.6. The van der Waals surface area contributed by atoms with Gasteiger partial charge in [0, 0.05) is 47.2 Å². The Balaban J connectivity index is 1.53. The number of ketones is 2. The van der Waals surface area contributed by atoms with E-state index in [9.17, 15) is 19.2 Å². The molecule has 3 rings (SSSR count). The van der Waals surface area contributed by atoms with E-state index in [1.165, 1.54) is 0 Å². The molecule has 0 heterocycles. The van der Waals surface area contributed by atoms with Crippen molar-refractivity contribution >= 4 is 23.5 Å². The van der Waals surface area contributed by atoms with Crippen LogP contribution in [0.25, 0.3) is 0 Å². The second-order valence-corrected chi connectivity index (χ2v) is 8.88. The summed E-state index contributed by atoms with van der Waals surface area (Å²) in [5.74, 6) is -0.0842. The maximum Gasteiger partial charge on any atom is 0.330 e. The fourth-order valence-electron chi connectivity index (χ4n) is 3.75. The molecule has 0 fully saturated rings. The van der Waals surface area contributed by atoms with Gasteiger partial charge in [-0.25, -0.2) is 9.59 Å². The highest BCUT2D eigenvalue weighted by Gasteiger charge is 2.16. The summed E-state index contributed by atoms with van der Waals surface area (Å²) in [5.41, 5.74) is 2.65. The summed E-state index contributed by atoms with van der Waals surface area (Å²) in [6.45, 7) is 9.65. The lowest BCUT2D eigenvalue weighted by atomic mass is 9.94. The molecular weight excluding hydrogens is 524 g/mol. The minimum Gasteiger partial charge on any atom is -0.493 e. The van der Waals surface area contributed by atoms with Crippen molar-refractivity contribution in [3.63, 3.8) is 0 Å². The topological polar surface area (TPSA) is 105 Å². The lowest BCUT2D eigenvalue weighted by Crippen LogP contribution is -2.08. The van der Waals surface area contributed by atoms with E-state index in [1.807, 2.05) is 0 Å². The number of hydrogen-bond donors (Lipinski definition) is 0. The normalized spacial score (nSPS) is 10.3. The van der Waals surface area contributed by atoms with Crippen LogP contribution in [0.2, 0.25) is 0 Å². The van der Waals surface area contributed by atoms with Crippen molar-refractivity contribution in [2.45, 2.75) is 19.8 Å². The first-order valence-electron chi connectivity index (χ1n) is 13.1. The van der Waals surface area contributed by atoms with Crippen LogP contribution in [-0.4, -0.2) is 49.9 Å². The van der Waals surface area contributed by atoms with Crippen LogP contribution in [0.5, 0.6) is 11.5 Å². The van der Waals surface area contributed by atoms with E-state index in [0.717, 1.165) is 12.2 Å². The Morgan fingerprint density at radius 3 is 1.49 bits per heavy atom. The van der Waals surface area contributed by atoms with Crippen LogP contribution in [-0.2, 0) is 19.1 Å². The third-order valence-electron chi connectivity index (χ3n) is 5.90. The average molecular weight is 557 g/mol. The van der Waals surface area contributed by atoms with Gasteiger partial charge in [-0.3, -0.25) is 9.59 Å². The molecule has 0 aromatic heterocycles. The average Bonchev–Trinajstić information content (AvgIpc) is 3.00. The summed E-state index contributed by atoms with van der Waals surface area (Å²) in [7, 11) is 0. The number of ether oxygens (including phenoxy) is 4. The predicted octanol–water partition coefficient (Wildman–Crippen LogP) is 5.45. The molecule has 3 aromatic rings. The molecule has 8 nitrogen and oxygen atoms in total. The monoisotopic (exact) mass is 556 g/mol. The second kappa shape index (κ2) is 15.6. The maximum absolute atomic E-state index is 13.1. The number of rotatable bonds is 16. The quantitative estimate of drug-likeness (QED) is 0.0992. The number of carbonyl (C=O) groups excluding carboxylic acids is 4. The van der Waals surface area contributed by atoms with Crippen LogP contribution in [0.3, 0.4) is 0 Å². The van der Waals surface area contributed by atoms with Crippen LogP contribution < -0.4 is 9.47 Å². The van der Waals surface area contributed by atoms with E-state index in [4.69, 9.17) is 18.9 Å². The summed E-state index contributed by atoms with van der Waals surface area (Å²) >= 11 is 0. The molecule has 0 amide bonds. The van der Waals surface area contributed by atoms with Gasteiger partial charge in [0.15, 0.2) is 11.6 Å². The van der Waals surface area contributed by atoms with Crippen molar-refractivity contribution in [1.82, 2.24) is 0 Å². The Morgan fingerprint density at radius 2 is 1.05 bits per heavy atom. The molecule has 0 saturated heterocycles. The molecule has 41 heavy (non-hydrogen) atoms. The fourth-order valence-corrected chi connectivity index (χ4v) is 3.75. The minimum absolute atomic E-state index is 0.162. The molecule has 0 unspecified atom stereocenters. The second-order valence-electron chi connectivity index (χ2n) is 8.88. The van der Waals surface area contributed by atoms with Crippen molar-refractivity contribution in [2.24, 2.45) is 0 Å². The first-order chi connectivity index (χ1) is 19.8. The van der Waals surface area contributed by atoms with E-state index in [2.05, 4.69) is 13.2 Å².